The highest BCUT2D eigenvalue weighted by Gasteiger charge is 2.17. The number of hydrogen-bond acceptors (Lipinski definition) is 3. The van der Waals surface area contributed by atoms with Crippen molar-refractivity contribution in [2.45, 2.75) is 11.4 Å². The van der Waals surface area contributed by atoms with Gasteiger partial charge in [-0.1, -0.05) is 30.3 Å². The number of benzene rings is 2. The third-order valence-corrected chi connectivity index (χ3v) is 6.57. The number of thiophene rings is 1. The smallest absolute Gasteiger partial charge is 0.207 e. The van der Waals surface area contributed by atoms with Crippen LogP contribution in [0.25, 0.3) is 10.1 Å². The van der Waals surface area contributed by atoms with Gasteiger partial charge in [-0.05, 0) is 50.5 Å². The average molecular weight is 382 g/mol. The van der Waals surface area contributed by atoms with Gasteiger partial charge in [0, 0.05) is 15.7 Å². The molecule has 0 saturated carbocycles. The van der Waals surface area contributed by atoms with E-state index in [1.54, 1.807) is 35.6 Å². The van der Waals surface area contributed by atoms with Crippen molar-refractivity contribution in [2.75, 3.05) is 0 Å². The van der Waals surface area contributed by atoms with Crippen LogP contribution < -0.4 is 4.72 Å². The lowest BCUT2D eigenvalue weighted by atomic mass is 10.2. The number of nitrogens with one attached hydrogen (secondary N) is 1. The zero-order chi connectivity index (χ0) is 14.9. The van der Waals surface area contributed by atoms with E-state index in [2.05, 4.69) is 20.7 Å². The molecule has 0 unspecified atom stereocenters. The van der Waals surface area contributed by atoms with Gasteiger partial charge in [0.2, 0.25) is 10.0 Å². The minimum atomic E-state index is -3.53. The lowest BCUT2D eigenvalue weighted by Crippen LogP contribution is -2.23. The minimum Gasteiger partial charge on any atom is -0.207 e. The molecule has 0 saturated heterocycles. The van der Waals surface area contributed by atoms with Gasteiger partial charge in [-0.2, -0.15) is 0 Å². The van der Waals surface area contributed by atoms with Gasteiger partial charge in [0.05, 0.1) is 4.90 Å². The van der Waals surface area contributed by atoms with Crippen LogP contribution in [0.1, 0.15) is 5.56 Å². The summed E-state index contributed by atoms with van der Waals surface area (Å²) in [6.07, 6.45) is 0. The Morgan fingerprint density at radius 1 is 1.05 bits per heavy atom. The van der Waals surface area contributed by atoms with Crippen LogP contribution in [-0.2, 0) is 16.6 Å². The molecule has 1 N–H and O–H groups in total. The molecule has 0 bridgehead atoms. The number of hydrogen-bond donors (Lipinski definition) is 1. The molecule has 108 valence electrons. The van der Waals surface area contributed by atoms with Crippen molar-refractivity contribution in [3.8, 4) is 0 Å². The fourth-order valence-corrected chi connectivity index (χ4v) is 5.05. The topological polar surface area (TPSA) is 46.2 Å². The van der Waals surface area contributed by atoms with Gasteiger partial charge in [-0.15, -0.1) is 11.3 Å². The first kappa shape index (κ1) is 14.7. The molecular formula is C15H12BrNO2S2. The zero-order valence-electron chi connectivity index (χ0n) is 10.9. The van der Waals surface area contributed by atoms with E-state index >= 15 is 0 Å². The van der Waals surface area contributed by atoms with Crippen LogP contribution in [0.4, 0.5) is 0 Å². The second-order valence-electron chi connectivity index (χ2n) is 4.51. The predicted octanol–water partition coefficient (Wildman–Crippen LogP) is 4.14. The van der Waals surface area contributed by atoms with Crippen LogP contribution in [0, 0.1) is 0 Å². The molecule has 3 nitrogen and oxygen atoms in total. The van der Waals surface area contributed by atoms with Crippen molar-refractivity contribution >= 4 is 47.4 Å². The van der Waals surface area contributed by atoms with E-state index in [1.807, 2.05) is 29.6 Å². The molecule has 1 aromatic heterocycles. The SMILES string of the molecule is O=S(=O)(NCc1csc2ccccc12)c1ccccc1Br. The lowest BCUT2D eigenvalue weighted by molar-refractivity contribution is 0.581. The highest BCUT2D eigenvalue weighted by Crippen LogP contribution is 2.26. The van der Waals surface area contributed by atoms with Gasteiger partial charge in [0.25, 0.3) is 0 Å². The maximum atomic E-state index is 12.3. The molecule has 0 amide bonds. The summed E-state index contributed by atoms with van der Waals surface area (Å²) in [5, 5.41) is 3.09. The number of fused-ring (bicyclic) bond motifs is 1. The van der Waals surface area contributed by atoms with Crippen LogP contribution in [-0.4, -0.2) is 8.42 Å². The molecule has 6 heteroatoms. The second kappa shape index (κ2) is 5.88. The third-order valence-electron chi connectivity index (χ3n) is 3.14. The van der Waals surface area contributed by atoms with Crippen molar-refractivity contribution in [1.29, 1.82) is 0 Å². The highest BCUT2D eigenvalue weighted by molar-refractivity contribution is 9.10. The van der Waals surface area contributed by atoms with Crippen molar-refractivity contribution in [3.63, 3.8) is 0 Å². The maximum absolute atomic E-state index is 12.3. The Bertz CT molecular complexity index is 887. The first-order chi connectivity index (χ1) is 10.1. The fraction of sp³-hybridized carbons (Fsp3) is 0.0667. The summed E-state index contributed by atoms with van der Waals surface area (Å²) in [5.74, 6) is 0. The summed E-state index contributed by atoms with van der Waals surface area (Å²) in [5.41, 5.74) is 0.992. The Balaban J connectivity index is 1.86. The van der Waals surface area contributed by atoms with Crippen molar-refractivity contribution in [3.05, 3.63) is 63.9 Å². The van der Waals surface area contributed by atoms with Gasteiger partial charge < -0.3 is 0 Å². The van der Waals surface area contributed by atoms with Gasteiger partial charge >= 0.3 is 0 Å². The molecular weight excluding hydrogens is 370 g/mol. The molecule has 0 fully saturated rings. The summed E-state index contributed by atoms with van der Waals surface area (Å²) in [4.78, 5) is 0.254. The summed E-state index contributed by atoms with van der Waals surface area (Å²) in [7, 11) is -3.53. The van der Waals surface area contributed by atoms with Crippen LogP contribution >= 0.6 is 27.3 Å². The Kier molecular flexibility index (Phi) is 4.12. The quantitative estimate of drug-likeness (QED) is 0.737. The lowest BCUT2D eigenvalue weighted by Gasteiger charge is -2.08. The normalized spacial score (nSPS) is 11.9. The predicted molar refractivity (Wildman–Crippen MR) is 90.0 cm³/mol. The van der Waals surface area contributed by atoms with E-state index < -0.39 is 10.0 Å². The van der Waals surface area contributed by atoms with Crippen LogP contribution in [0.5, 0.6) is 0 Å². The first-order valence-corrected chi connectivity index (χ1v) is 9.43. The number of rotatable bonds is 4. The molecule has 0 aliphatic rings. The average Bonchev–Trinajstić information content (AvgIpc) is 2.89. The van der Waals surface area contributed by atoms with Crippen LogP contribution in [0.3, 0.4) is 0 Å². The Hall–Kier alpha value is -1.21. The molecule has 21 heavy (non-hydrogen) atoms. The summed E-state index contributed by atoms with van der Waals surface area (Å²) < 4.78 is 29.1. The number of halogens is 1. The van der Waals surface area contributed by atoms with Crippen molar-refractivity contribution < 1.29 is 8.42 Å². The standard InChI is InChI=1S/C15H12BrNO2S2/c16-13-6-2-4-8-15(13)21(18,19)17-9-11-10-20-14-7-3-1-5-12(11)14/h1-8,10,17H,9H2. The zero-order valence-corrected chi connectivity index (χ0v) is 14.1. The Morgan fingerprint density at radius 3 is 2.57 bits per heavy atom. The number of sulfonamides is 1. The molecule has 0 radical (unpaired) electrons. The van der Waals surface area contributed by atoms with Gasteiger partial charge in [0.15, 0.2) is 0 Å². The van der Waals surface area contributed by atoms with Crippen molar-refractivity contribution in [2.24, 2.45) is 0 Å². The molecule has 0 aliphatic carbocycles. The van der Waals surface area contributed by atoms with Gasteiger partial charge in [-0.25, -0.2) is 13.1 Å². The summed E-state index contributed by atoms with van der Waals surface area (Å²) in [6, 6.07) is 14.8. The first-order valence-electron chi connectivity index (χ1n) is 6.27. The van der Waals surface area contributed by atoms with Crippen LogP contribution in [0.2, 0.25) is 0 Å². The maximum Gasteiger partial charge on any atom is 0.241 e. The summed E-state index contributed by atoms with van der Waals surface area (Å²) in [6.45, 7) is 0.285. The molecule has 0 spiro atoms. The highest BCUT2D eigenvalue weighted by atomic mass is 79.9. The summed E-state index contributed by atoms with van der Waals surface area (Å²) >= 11 is 4.89. The van der Waals surface area contributed by atoms with Gasteiger partial charge in [-0.3, -0.25) is 0 Å². The second-order valence-corrected chi connectivity index (χ2v) is 8.01. The molecule has 0 atom stereocenters. The molecule has 1 heterocycles. The van der Waals surface area contributed by atoms with E-state index in [4.69, 9.17) is 0 Å². The van der Waals surface area contributed by atoms with E-state index in [1.165, 1.54) is 0 Å². The third kappa shape index (κ3) is 3.03. The molecule has 3 aromatic rings. The largest absolute Gasteiger partial charge is 0.241 e. The van der Waals surface area contributed by atoms with E-state index in [0.717, 1.165) is 15.6 Å². The monoisotopic (exact) mass is 381 g/mol. The fourth-order valence-electron chi connectivity index (χ4n) is 2.08. The van der Waals surface area contributed by atoms with E-state index in [0.29, 0.717) is 4.47 Å². The Labute approximate surface area is 135 Å². The van der Waals surface area contributed by atoms with E-state index in [9.17, 15) is 8.42 Å². The molecule has 0 aliphatic heterocycles. The molecule has 3 rings (SSSR count). The van der Waals surface area contributed by atoms with Gasteiger partial charge in [0.1, 0.15) is 0 Å². The van der Waals surface area contributed by atoms with Crippen molar-refractivity contribution in [1.82, 2.24) is 4.72 Å². The van der Waals surface area contributed by atoms with E-state index in [-0.39, 0.29) is 11.4 Å². The minimum absolute atomic E-state index is 0.254. The molecule has 2 aromatic carbocycles. The van der Waals surface area contributed by atoms with Crippen LogP contribution in [0.15, 0.2) is 63.3 Å². The Morgan fingerprint density at radius 2 is 1.76 bits per heavy atom.